The number of carbonyl (C=O) groups excluding carboxylic acids is 1. The molecule has 0 saturated heterocycles. The maximum Gasteiger partial charge on any atom is 0.254 e. The van der Waals surface area contributed by atoms with Crippen LogP contribution in [0.2, 0.25) is 0 Å². The Balaban J connectivity index is 2.83. The number of nitrogens with zero attached hydrogens (tertiary/aromatic N) is 1. The number of benzene rings is 1. The Morgan fingerprint density at radius 2 is 2.25 bits per heavy atom. The first kappa shape index (κ1) is 14.3. The Bertz CT molecular complexity index is 386. The largest absolute Gasteiger partial charge is 0.341 e. The van der Waals surface area contributed by atoms with E-state index >= 15 is 0 Å². The third-order valence-electron chi connectivity index (χ3n) is 2.14. The normalized spacial score (nSPS) is 10.2. The monoisotopic (exact) mass is 413 g/mol. The van der Waals surface area contributed by atoms with Gasteiger partial charge in [0.25, 0.3) is 5.91 Å². The molecule has 1 amide bonds. The lowest BCUT2D eigenvalue weighted by Crippen LogP contribution is -2.29. The van der Waals surface area contributed by atoms with Gasteiger partial charge in [-0.3, -0.25) is 4.79 Å². The summed E-state index contributed by atoms with van der Waals surface area (Å²) in [5.41, 5.74) is 0.763. The summed E-state index contributed by atoms with van der Waals surface area (Å²) in [4.78, 5) is 13.9. The van der Waals surface area contributed by atoms with Crippen LogP contribution in [0.1, 0.15) is 10.4 Å². The molecule has 2 nitrogen and oxygen atoms in total. The third kappa shape index (κ3) is 3.92. The third-order valence-corrected chi connectivity index (χ3v) is 4.16. The van der Waals surface area contributed by atoms with Gasteiger partial charge in [-0.1, -0.05) is 15.9 Å². The van der Waals surface area contributed by atoms with Crippen molar-refractivity contribution in [3.05, 3.63) is 31.8 Å². The van der Waals surface area contributed by atoms with E-state index in [2.05, 4.69) is 38.5 Å². The van der Waals surface area contributed by atoms with Crippen molar-refractivity contribution in [1.29, 1.82) is 0 Å². The maximum atomic E-state index is 12.1. The van der Waals surface area contributed by atoms with Gasteiger partial charge in [0.1, 0.15) is 0 Å². The number of hydrogen-bond acceptors (Lipinski definition) is 2. The van der Waals surface area contributed by atoms with Gasteiger partial charge in [-0.15, -0.1) is 0 Å². The van der Waals surface area contributed by atoms with Crippen molar-refractivity contribution in [2.45, 2.75) is 0 Å². The molecule has 1 aromatic carbocycles. The van der Waals surface area contributed by atoms with E-state index in [1.165, 1.54) is 0 Å². The lowest BCUT2D eigenvalue weighted by molar-refractivity contribution is 0.0802. The van der Waals surface area contributed by atoms with Gasteiger partial charge in [-0.05, 0) is 47.0 Å². The molecule has 0 aliphatic carbocycles. The molecule has 0 aliphatic heterocycles. The van der Waals surface area contributed by atoms with Crippen LogP contribution < -0.4 is 0 Å². The molecule has 0 radical (unpaired) electrons. The van der Waals surface area contributed by atoms with Gasteiger partial charge in [-0.2, -0.15) is 11.8 Å². The van der Waals surface area contributed by atoms with Crippen molar-refractivity contribution >= 4 is 56.2 Å². The fourth-order valence-electron chi connectivity index (χ4n) is 1.20. The first-order valence-corrected chi connectivity index (χ1v) is 8.02. The van der Waals surface area contributed by atoms with Crippen molar-refractivity contribution < 1.29 is 4.79 Å². The summed E-state index contributed by atoms with van der Waals surface area (Å²) in [5.74, 6) is 1.05. The highest BCUT2D eigenvalue weighted by atomic mass is 127. The fourth-order valence-corrected chi connectivity index (χ4v) is 2.58. The second-order valence-corrected chi connectivity index (χ2v) is 6.41. The molecule has 0 N–H and O–H groups in total. The average Bonchev–Trinajstić information content (AvgIpc) is 2.28. The maximum absolute atomic E-state index is 12.1. The number of amides is 1. The number of thioether (sulfide) groups is 1. The molecule has 0 spiro atoms. The Hall–Kier alpha value is 0.250. The van der Waals surface area contributed by atoms with Crippen molar-refractivity contribution in [3.8, 4) is 0 Å². The topological polar surface area (TPSA) is 20.3 Å². The van der Waals surface area contributed by atoms with Crippen molar-refractivity contribution in [2.24, 2.45) is 0 Å². The Kier molecular flexibility index (Phi) is 6.13. The van der Waals surface area contributed by atoms with Gasteiger partial charge in [-0.25, -0.2) is 0 Å². The van der Waals surface area contributed by atoms with Crippen LogP contribution in [0.5, 0.6) is 0 Å². The summed E-state index contributed by atoms with van der Waals surface area (Å²) in [6.07, 6.45) is 2.04. The molecule has 88 valence electrons. The van der Waals surface area contributed by atoms with E-state index < -0.39 is 0 Å². The van der Waals surface area contributed by atoms with Crippen LogP contribution in [0.4, 0.5) is 0 Å². The van der Waals surface area contributed by atoms with Crippen LogP contribution in [0.25, 0.3) is 0 Å². The number of hydrogen-bond donors (Lipinski definition) is 0. The van der Waals surface area contributed by atoms with Gasteiger partial charge in [0.05, 0.1) is 5.56 Å². The summed E-state index contributed by atoms with van der Waals surface area (Å²) in [6.45, 7) is 0.780. The molecule has 1 rings (SSSR count). The molecule has 0 unspecified atom stereocenters. The molecule has 1 aromatic rings. The van der Waals surface area contributed by atoms with E-state index in [0.29, 0.717) is 0 Å². The minimum absolute atomic E-state index is 0.0831. The molecule has 0 aliphatic rings. The predicted molar refractivity (Wildman–Crippen MR) is 82.2 cm³/mol. The van der Waals surface area contributed by atoms with Gasteiger partial charge in [0.15, 0.2) is 0 Å². The minimum atomic E-state index is 0.0831. The molecule has 0 aromatic heterocycles. The summed E-state index contributed by atoms with van der Waals surface area (Å²) >= 11 is 7.32. The lowest BCUT2D eigenvalue weighted by atomic mass is 10.2. The highest BCUT2D eigenvalue weighted by molar-refractivity contribution is 14.1. The van der Waals surface area contributed by atoms with E-state index in [1.54, 1.807) is 16.7 Å². The standard InChI is InChI=1S/C11H13BrINOS/c1-14(5-6-16-2)11(15)9-7-8(12)3-4-10(9)13/h3-4,7H,5-6H2,1-2H3. The van der Waals surface area contributed by atoms with E-state index in [4.69, 9.17) is 0 Å². The zero-order chi connectivity index (χ0) is 12.1. The molecule has 0 bridgehead atoms. The fraction of sp³-hybridized carbons (Fsp3) is 0.364. The first-order valence-electron chi connectivity index (χ1n) is 4.75. The smallest absolute Gasteiger partial charge is 0.254 e. The second-order valence-electron chi connectivity index (χ2n) is 3.34. The van der Waals surface area contributed by atoms with Crippen LogP contribution in [-0.4, -0.2) is 36.4 Å². The predicted octanol–water partition coefficient (Wildman–Crippen LogP) is 3.49. The zero-order valence-corrected chi connectivity index (χ0v) is 13.7. The summed E-state index contributed by atoms with van der Waals surface area (Å²) in [5, 5.41) is 0. The van der Waals surface area contributed by atoms with E-state index in [0.717, 1.165) is 25.9 Å². The Labute approximate surface area is 122 Å². The average molecular weight is 414 g/mol. The van der Waals surface area contributed by atoms with Gasteiger partial charge in [0.2, 0.25) is 0 Å². The molecule has 0 atom stereocenters. The molecule has 0 fully saturated rings. The first-order chi connectivity index (χ1) is 7.56. The van der Waals surface area contributed by atoms with Crippen molar-refractivity contribution in [2.75, 3.05) is 25.6 Å². The van der Waals surface area contributed by atoms with Crippen LogP contribution in [0.15, 0.2) is 22.7 Å². The van der Waals surface area contributed by atoms with E-state index in [9.17, 15) is 4.79 Å². The van der Waals surface area contributed by atoms with Gasteiger partial charge < -0.3 is 4.90 Å². The van der Waals surface area contributed by atoms with Crippen molar-refractivity contribution in [1.82, 2.24) is 4.90 Å². The molecule has 16 heavy (non-hydrogen) atoms. The van der Waals surface area contributed by atoms with Gasteiger partial charge in [0, 0.05) is 27.4 Å². The van der Waals surface area contributed by atoms with E-state index in [1.807, 2.05) is 31.5 Å². The zero-order valence-electron chi connectivity index (χ0n) is 9.17. The number of rotatable bonds is 4. The highest BCUT2D eigenvalue weighted by Gasteiger charge is 2.14. The molecule has 0 heterocycles. The number of carbonyl (C=O) groups is 1. The highest BCUT2D eigenvalue weighted by Crippen LogP contribution is 2.19. The Morgan fingerprint density at radius 1 is 1.56 bits per heavy atom. The summed E-state index contributed by atoms with van der Waals surface area (Å²) < 4.78 is 1.93. The van der Waals surface area contributed by atoms with Crippen LogP contribution in [0, 0.1) is 3.57 Å². The minimum Gasteiger partial charge on any atom is -0.341 e. The summed E-state index contributed by atoms with van der Waals surface area (Å²) in [6, 6.07) is 5.76. The van der Waals surface area contributed by atoms with E-state index in [-0.39, 0.29) is 5.91 Å². The molecular weight excluding hydrogens is 401 g/mol. The molecular formula is C11H13BrINOS. The quantitative estimate of drug-likeness (QED) is 0.704. The SMILES string of the molecule is CSCCN(C)C(=O)c1cc(Br)ccc1I. The second kappa shape index (κ2) is 6.86. The van der Waals surface area contributed by atoms with Crippen LogP contribution in [-0.2, 0) is 0 Å². The molecule has 0 saturated carbocycles. The number of halogens is 2. The van der Waals surface area contributed by atoms with Crippen LogP contribution >= 0.6 is 50.3 Å². The van der Waals surface area contributed by atoms with Crippen LogP contribution in [0.3, 0.4) is 0 Å². The van der Waals surface area contributed by atoms with Crippen molar-refractivity contribution in [3.63, 3.8) is 0 Å². The molecule has 5 heteroatoms. The lowest BCUT2D eigenvalue weighted by Gasteiger charge is -2.17. The summed E-state index contributed by atoms with van der Waals surface area (Å²) in [7, 11) is 1.84. The Morgan fingerprint density at radius 3 is 2.88 bits per heavy atom. The van der Waals surface area contributed by atoms with Gasteiger partial charge >= 0.3 is 0 Å².